The van der Waals surface area contributed by atoms with Crippen LogP contribution in [-0.2, 0) is 4.74 Å². The third kappa shape index (κ3) is 3.22. The van der Waals surface area contributed by atoms with E-state index in [0.29, 0.717) is 11.5 Å². The molecular weight excluding hydrogens is 254 g/mol. The van der Waals surface area contributed by atoms with Crippen LogP contribution in [0.2, 0.25) is 0 Å². The summed E-state index contributed by atoms with van der Waals surface area (Å²) in [5.41, 5.74) is 7.31. The predicted molar refractivity (Wildman–Crippen MR) is 70.7 cm³/mol. The number of esters is 1. The molecule has 3 N–H and O–H groups in total. The monoisotopic (exact) mass is 271 g/mol. The zero-order valence-electron chi connectivity index (χ0n) is 10.2. The van der Waals surface area contributed by atoms with Gasteiger partial charge in [0.2, 0.25) is 0 Å². The molecule has 1 aromatic carbocycles. The van der Waals surface area contributed by atoms with Gasteiger partial charge in [0, 0.05) is 0 Å². The average Bonchev–Trinajstić information content (AvgIpc) is 3.20. The summed E-state index contributed by atoms with van der Waals surface area (Å²) < 4.78 is 4.61. The van der Waals surface area contributed by atoms with Gasteiger partial charge in [-0.05, 0) is 36.5 Å². The van der Waals surface area contributed by atoms with E-state index in [4.69, 9.17) is 5.73 Å². The molecule has 1 aliphatic rings. The van der Waals surface area contributed by atoms with Crippen LogP contribution in [0.5, 0.6) is 0 Å². The molecule has 2 atom stereocenters. The first-order valence-corrected chi connectivity index (χ1v) is 5.75. The molecule has 0 radical (unpaired) electrons. The number of aliphatic hydroxyl groups excluding tert-OH is 1. The van der Waals surface area contributed by atoms with E-state index in [-0.39, 0.29) is 24.4 Å². The van der Waals surface area contributed by atoms with Gasteiger partial charge in [0.1, 0.15) is 0 Å². The van der Waals surface area contributed by atoms with Crippen molar-refractivity contribution in [1.29, 1.82) is 0 Å². The Bertz CT molecular complexity index is 403. The first-order valence-electron chi connectivity index (χ1n) is 5.75. The highest BCUT2D eigenvalue weighted by Crippen LogP contribution is 2.37. The smallest absolute Gasteiger partial charge is 0.337 e. The predicted octanol–water partition coefficient (Wildman–Crippen LogP) is 1.67. The fraction of sp³-hybridized carbons (Fsp3) is 0.462. The van der Waals surface area contributed by atoms with Gasteiger partial charge in [-0.15, -0.1) is 12.4 Å². The largest absolute Gasteiger partial charge is 0.465 e. The number of carbonyl (C=O) groups is 1. The first kappa shape index (κ1) is 15.0. The van der Waals surface area contributed by atoms with Gasteiger partial charge in [0.25, 0.3) is 0 Å². The van der Waals surface area contributed by atoms with E-state index < -0.39 is 6.10 Å². The number of hydrogen-bond acceptors (Lipinski definition) is 4. The minimum Gasteiger partial charge on any atom is -0.465 e. The molecule has 1 saturated carbocycles. The number of aliphatic hydroxyl groups is 1. The third-order valence-corrected chi connectivity index (χ3v) is 3.19. The standard InChI is InChI=1S/C13H17NO3.ClH/c1-17-13(16)10-6-2-8(3-7-10)11(14)12(15)9-4-5-9;/h2-3,6-7,9,11-12,15H,4-5,14H2,1H3;1H/t11-,12+;/m0./s1. The Hall–Kier alpha value is -1.10. The molecular formula is C13H18ClNO3. The molecule has 0 aromatic heterocycles. The van der Waals surface area contributed by atoms with E-state index in [1.165, 1.54) is 7.11 Å². The number of rotatable bonds is 4. The fourth-order valence-corrected chi connectivity index (χ4v) is 1.89. The van der Waals surface area contributed by atoms with E-state index >= 15 is 0 Å². The van der Waals surface area contributed by atoms with Crippen molar-refractivity contribution in [3.8, 4) is 0 Å². The summed E-state index contributed by atoms with van der Waals surface area (Å²) in [5.74, 6) is -0.0295. The van der Waals surface area contributed by atoms with Gasteiger partial charge in [-0.1, -0.05) is 12.1 Å². The molecule has 0 amide bonds. The van der Waals surface area contributed by atoms with Crippen LogP contribution in [0.25, 0.3) is 0 Å². The highest BCUT2D eigenvalue weighted by atomic mass is 35.5. The highest BCUT2D eigenvalue weighted by molar-refractivity contribution is 5.89. The number of nitrogens with two attached hydrogens (primary N) is 1. The molecule has 18 heavy (non-hydrogen) atoms. The normalized spacial score (nSPS) is 17.5. The Labute approximate surface area is 113 Å². The minimum atomic E-state index is -0.487. The maximum Gasteiger partial charge on any atom is 0.337 e. The van der Waals surface area contributed by atoms with Crippen molar-refractivity contribution in [2.45, 2.75) is 25.0 Å². The number of hydrogen-bond donors (Lipinski definition) is 2. The van der Waals surface area contributed by atoms with Crippen molar-refractivity contribution >= 4 is 18.4 Å². The Morgan fingerprint density at radius 1 is 1.39 bits per heavy atom. The topological polar surface area (TPSA) is 72.5 Å². The summed E-state index contributed by atoms with van der Waals surface area (Å²) in [5, 5.41) is 9.92. The average molecular weight is 272 g/mol. The fourth-order valence-electron chi connectivity index (χ4n) is 1.89. The second-order valence-corrected chi connectivity index (χ2v) is 4.47. The van der Waals surface area contributed by atoms with Gasteiger partial charge >= 0.3 is 5.97 Å². The Balaban J connectivity index is 0.00000162. The van der Waals surface area contributed by atoms with Gasteiger partial charge in [-0.2, -0.15) is 0 Å². The Morgan fingerprint density at radius 2 is 1.94 bits per heavy atom. The van der Waals surface area contributed by atoms with E-state index in [2.05, 4.69) is 4.74 Å². The van der Waals surface area contributed by atoms with Crippen molar-refractivity contribution in [3.63, 3.8) is 0 Å². The summed E-state index contributed by atoms with van der Waals surface area (Å²) in [6.45, 7) is 0. The number of halogens is 1. The lowest BCUT2D eigenvalue weighted by Gasteiger charge is -2.18. The molecule has 1 fully saturated rings. The number of carbonyl (C=O) groups excluding carboxylic acids is 1. The first-order chi connectivity index (χ1) is 8.13. The van der Waals surface area contributed by atoms with Gasteiger partial charge in [-0.3, -0.25) is 0 Å². The van der Waals surface area contributed by atoms with Gasteiger partial charge in [-0.25, -0.2) is 4.79 Å². The molecule has 5 heteroatoms. The molecule has 2 rings (SSSR count). The summed E-state index contributed by atoms with van der Waals surface area (Å²) in [7, 11) is 1.35. The zero-order valence-corrected chi connectivity index (χ0v) is 11.0. The van der Waals surface area contributed by atoms with Crippen LogP contribution in [0.15, 0.2) is 24.3 Å². The van der Waals surface area contributed by atoms with E-state index in [1.807, 2.05) is 0 Å². The molecule has 0 heterocycles. The SMILES string of the molecule is COC(=O)c1ccc([C@H](N)[C@H](O)C2CC2)cc1.Cl. The van der Waals surface area contributed by atoms with Crippen molar-refractivity contribution in [3.05, 3.63) is 35.4 Å². The molecule has 0 aliphatic heterocycles. The molecule has 0 unspecified atom stereocenters. The van der Waals surface area contributed by atoms with Gasteiger partial charge in [0.15, 0.2) is 0 Å². The number of ether oxygens (including phenoxy) is 1. The van der Waals surface area contributed by atoms with Gasteiger partial charge < -0.3 is 15.6 Å². The van der Waals surface area contributed by atoms with Crippen LogP contribution in [0.1, 0.15) is 34.8 Å². The molecule has 4 nitrogen and oxygen atoms in total. The highest BCUT2D eigenvalue weighted by Gasteiger charge is 2.34. The molecule has 100 valence electrons. The molecule has 0 saturated heterocycles. The van der Waals surface area contributed by atoms with Crippen molar-refractivity contribution < 1.29 is 14.6 Å². The van der Waals surface area contributed by atoms with Crippen molar-refractivity contribution in [2.75, 3.05) is 7.11 Å². The lowest BCUT2D eigenvalue weighted by atomic mass is 9.98. The third-order valence-electron chi connectivity index (χ3n) is 3.19. The summed E-state index contributed by atoms with van der Waals surface area (Å²) in [4.78, 5) is 11.2. The lowest BCUT2D eigenvalue weighted by molar-refractivity contribution is 0.0600. The van der Waals surface area contributed by atoms with Crippen LogP contribution in [-0.4, -0.2) is 24.3 Å². The summed E-state index contributed by atoms with van der Waals surface area (Å²) >= 11 is 0. The number of methoxy groups -OCH3 is 1. The molecule has 0 bridgehead atoms. The second kappa shape index (κ2) is 6.18. The maximum atomic E-state index is 11.2. The summed E-state index contributed by atoms with van der Waals surface area (Å²) in [6.07, 6.45) is 1.61. The summed E-state index contributed by atoms with van der Waals surface area (Å²) in [6, 6.07) is 6.49. The van der Waals surface area contributed by atoms with Crippen molar-refractivity contribution in [2.24, 2.45) is 11.7 Å². The van der Waals surface area contributed by atoms with Crippen LogP contribution < -0.4 is 5.73 Å². The number of benzene rings is 1. The van der Waals surface area contributed by atoms with Crippen LogP contribution in [0.4, 0.5) is 0 Å². The zero-order chi connectivity index (χ0) is 12.4. The van der Waals surface area contributed by atoms with E-state index in [0.717, 1.165) is 18.4 Å². The minimum absolute atomic E-state index is 0. The Morgan fingerprint density at radius 3 is 2.39 bits per heavy atom. The van der Waals surface area contributed by atoms with E-state index in [1.54, 1.807) is 24.3 Å². The maximum absolute atomic E-state index is 11.2. The van der Waals surface area contributed by atoms with Crippen LogP contribution in [0, 0.1) is 5.92 Å². The van der Waals surface area contributed by atoms with Crippen LogP contribution in [0.3, 0.4) is 0 Å². The molecule has 0 spiro atoms. The second-order valence-electron chi connectivity index (χ2n) is 4.47. The quantitative estimate of drug-likeness (QED) is 0.817. The van der Waals surface area contributed by atoms with Crippen molar-refractivity contribution in [1.82, 2.24) is 0 Å². The van der Waals surface area contributed by atoms with E-state index in [9.17, 15) is 9.90 Å². The Kier molecular flexibility index (Phi) is 5.14. The van der Waals surface area contributed by atoms with Gasteiger partial charge in [0.05, 0.1) is 24.8 Å². The van der Waals surface area contributed by atoms with Crippen LogP contribution >= 0.6 is 12.4 Å². The lowest BCUT2D eigenvalue weighted by Crippen LogP contribution is -2.27. The molecule has 1 aromatic rings. The molecule has 1 aliphatic carbocycles.